The van der Waals surface area contributed by atoms with Crippen LogP contribution in [-0.4, -0.2) is 63.9 Å². The fraction of sp³-hybridized carbons (Fsp3) is 0.383. The van der Waals surface area contributed by atoms with Gasteiger partial charge in [-0.25, -0.2) is 0 Å². The summed E-state index contributed by atoms with van der Waals surface area (Å²) in [6.07, 6.45) is 4.70. The van der Waals surface area contributed by atoms with E-state index in [4.69, 9.17) is 5.73 Å². The monoisotopic (exact) mass is 773 g/mol. The molecule has 5 rings (SSSR count). The molecule has 5 N–H and O–H groups in total. The molecule has 4 bridgehead atoms. The number of unbranched alkanes of at least 4 members (excludes halogenated alkanes) is 2. The maximum absolute atomic E-state index is 14.6. The number of hydrogen-bond acceptors (Lipinski definition) is 8. The first kappa shape index (κ1) is 42.5. The lowest BCUT2D eigenvalue weighted by molar-refractivity contribution is -0.142. The summed E-state index contributed by atoms with van der Waals surface area (Å²) in [6, 6.07) is 23.0. The Hall–Kier alpha value is -5.61. The van der Waals surface area contributed by atoms with Crippen molar-refractivity contribution >= 4 is 29.2 Å². The average molecular weight is 774 g/mol. The van der Waals surface area contributed by atoms with Crippen molar-refractivity contribution in [2.24, 2.45) is 17.6 Å². The fourth-order valence-electron chi connectivity index (χ4n) is 7.54. The third kappa shape index (κ3) is 10.6. The van der Waals surface area contributed by atoms with E-state index in [9.17, 15) is 34.2 Å². The minimum atomic E-state index is -1.20. The van der Waals surface area contributed by atoms with Crippen LogP contribution in [0, 0.1) is 11.8 Å². The van der Waals surface area contributed by atoms with E-state index in [-0.39, 0.29) is 53.5 Å². The zero-order chi connectivity index (χ0) is 41.2. The number of amides is 2. The van der Waals surface area contributed by atoms with E-state index in [1.54, 1.807) is 43.3 Å². The molecule has 0 aromatic heterocycles. The Balaban J connectivity index is 1.46. The van der Waals surface area contributed by atoms with Crippen LogP contribution >= 0.6 is 0 Å². The number of carbonyl (C=O) groups is 5. The number of hydrogen-bond donors (Lipinski definition) is 4. The van der Waals surface area contributed by atoms with E-state index in [0.717, 1.165) is 30.4 Å². The zero-order valence-electron chi connectivity index (χ0n) is 33.4. The van der Waals surface area contributed by atoms with Gasteiger partial charge < -0.3 is 26.2 Å². The second-order valence-electron chi connectivity index (χ2n) is 15.4. The van der Waals surface area contributed by atoms with E-state index in [1.165, 1.54) is 36.6 Å². The molecule has 0 saturated carbocycles. The number of carbonyl (C=O) groups excluding carboxylic acids is 5. The normalized spacial score (nSPS) is 17.6. The molecule has 0 aliphatic carbocycles. The first-order chi connectivity index (χ1) is 27.3. The van der Waals surface area contributed by atoms with Crippen molar-refractivity contribution in [2.75, 3.05) is 13.6 Å². The Morgan fingerprint density at radius 1 is 0.842 bits per heavy atom. The summed E-state index contributed by atoms with van der Waals surface area (Å²) < 4.78 is 0. The number of phenols is 2. The number of benzene rings is 4. The van der Waals surface area contributed by atoms with E-state index in [2.05, 4.69) is 36.5 Å². The zero-order valence-corrected chi connectivity index (χ0v) is 33.4. The minimum absolute atomic E-state index is 0.0904. The molecule has 1 aliphatic rings. The molecule has 10 heteroatoms. The van der Waals surface area contributed by atoms with Crippen LogP contribution in [0.3, 0.4) is 0 Å². The summed E-state index contributed by atoms with van der Waals surface area (Å²) in [7, 11) is 1.51. The molecule has 1 heterocycles. The minimum Gasteiger partial charge on any atom is -0.507 e. The maximum atomic E-state index is 14.6. The molecular weight excluding hydrogens is 719 g/mol. The quantitative estimate of drug-likeness (QED) is 0.0755. The van der Waals surface area contributed by atoms with Crippen molar-refractivity contribution in [2.45, 2.75) is 90.6 Å². The standard InChI is InChI=1S/C47H55N3O7/c1-5-6-9-31-11-14-33(15-12-31)34-16-18-35(19-17-34)43(54)28-37(10-7-8-23-48)47(57)50(4)45-36-20-22-42(53)39(27-36)38-25-32(13-21-41(38)52)26-40(30(3)51)49-46(56)29(2)24-44(45)55/h11-22,25,27,29,37,40,45,52-53H,5-10,23-24,26,28,48H2,1-4H3,(H,49,56)/t29-,37-,40+,45+/m1/s1. The lowest BCUT2D eigenvalue weighted by Crippen LogP contribution is -2.45. The maximum Gasteiger partial charge on any atom is 0.226 e. The Labute approximate surface area is 335 Å². The van der Waals surface area contributed by atoms with Crippen molar-refractivity contribution < 1.29 is 34.2 Å². The third-order valence-electron chi connectivity index (χ3n) is 11.0. The van der Waals surface area contributed by atoms with Crippen molar-refractivity contribution in [3.8, 4) is 33.8 Å². The van der Waals surface area contributed by atoms with Crippen molar-refractivity contribution in [3.63, 3.8) is 0 Å². The highest BCUT2D eigenvalue weighted by Gasteiger charge is 2.36. The lowest BCUT2D eigenvalue weighted by atomic mass is 9.88. The SMILES string of the molecule is CCCCc1ccc(-c2ccc(C(=O)C[C@@H](CCCCN)C(=O)N(C)[C@@H]3C(=O)C[C@@H](C)C(=O)N[C@H](C(C)=O)Cc4ccc(O)c(c4)-c4cc3ccc4O)cc2)cc1. The first-order valence-electron chi connectivity index (χ1n) is 20.0. The number of aryl methyl sites for hydroxylation is 1. The predicted molar refractivity (Wildman–Crippen MR) is 222 cm³/mol. The molecule has 2 amide bonds. The van der Waals surface area contributed by atoms with Crippen LogP contribution in [0.15, 0.2) is 84.9 Å². The van der Waals surface area contributed by atoms with Gasteiger partial charge in [0.1, 0.15) is 17.5 Å². The highest BCUT2D eigenvalue weighted by Crippen LogP contribution is 2.39. The molecule has 0 spiro atoms. The van der Waals surface area contributed by atoms with Gasteiger partial charge in [-0.2, -0.15) is 0 Å². The van der Waals surface area contributed by atoms with Gasteiger partial charge in [0.25, 0.3) is 0 Å². The molecule has 0 saturated heterocycles. The summed E-state index contributed by atoms with van der Waals surface area (Å²) in [5, 5.41) is 24.7. The average Bonchev–Trinajstić information content (AvgIpc) is 3.20. The molecular formula is C47H55N3O7. The van der Waals surface area contributed by atoms with Gasteiger partial charge >= 0.3 is 0 Å². The van der Waals surface area contributed by atoms with Gasteiger partial charge in [-0.05, 0) is 97.7 Å². The Bertz CT molecular complexity index is 2080. The second kappa shape index (κ2) is 19.5. The van der Waals surface area contributed by atoms with Gasteiger partial charge in [0.05, 0.1) is 6.04 Å². The van der Waals surface area contributed by atoms with Crippen LogP contribution in [0.1, 0.15) is 98.8 Å². The van der Waals surface area contributed by atoms with E-state index in [1.807, 2.05) is 12.1 Å². The molecule has 300 valence electrons. The van der Waals surface area contributed by atoms with Crippen molar-refractivity contribution in [1.29, 1.82) is 0 Å². The highest BCUT2D eigenvalue weighted by atomic mass is 16.3. The number of fused-ring (bicyclic) bond motifs is 5. The van der Waals surface area contributed by atoms with Gasteiger partial charge in [0.15, 0.2) is 17.3 Å². The number of rotatable bonds is 14. The number of aromatic hydroxyl groups is 2. The fourth-order valence-corrected chi connectivity index (χ4v) is 7.54. The molecule has 57 heavy (non-hydrogen) atoms. The highest BCUT2D eigenvalue weighted by molar-refractivity contribution is 6.00. The smallest absolute Gasteiger partial charge is 0.226 e. The molecule has 0 unspecified atom stereocenters. The number of ketones is 3. The van der Waals surface area contributed by atoms with Gasteiger partial charge in [0.2, 0.25) is 11.8 Å². The summed E-state index contributed by atoms with van der Waals surface area (Å²) in [6.45, 7) is 5.56. The van der Waals surface area contributed by atoms with Crippen LogP contribution in [0.4, 0.5) is 0 Å². The molecule has 1 aliphatic heterocycles. The number of nitrogens with two attached hydrogens (primary N) is 1. The lowest BCUT2D eigenvalue weighted by Gasteiger charge is -2.32. The van der Waals surface area contributed by atoms with Gasteiger partial charge in [0, 0.05) is 48.4 Å². The Morgan fingerprint density at radius 2 is 1.47 bits per heavy atom. The van der Waals surface area contributed by atoms with Crippen LogP contribution in [0.25, 0.3) is 22.3 Å². The van der Waals surface area contributed by atoms with Gasteiger partial charge in [-0.15, -0.1) is 0 Å². The van der Waals surface area contributed by atoms with E-state index < -0.39 is 41.5 Å². The summed E-state index contributed by atoms with van der Waals surface area (Å²) in [4.78, 5) is 70.1. The Morgan fingerprint density at radius 3 is 2.11 bits per heavy atom. The number of nitrogens with zero attached hydrogens (tertiary/aromatic N) is 1. The van der Waals surface area contributed by atoms with Crippen LogP contribution < -0.4 is 11.1 Å². The number of likely N-dealkylation sites (N-methyl/N-ethyl adjacent to an activating group) is 1. The topological polar surface area (TPSA) is 167 Å². The molecule has 0 radical (unpaired) electrons. The summed E-state index contributed by atoms with van der Waals surface area (Å²) in [5.41, 5.74) is 11.1. The number of Topliss-reactive ketones (excluding diaryl/α,β-unsaturated/α-hetero) is 3. The first-order valence-corrected chi connectivity index (χ1v) is 20.0. The predicted octanol–water partition coefficient (Wildman–Crippen LogP) is 7.52. The largest absolute Gasteiger partial charge is 0.507 e. The van der Waals surface area contributed by atoms with Crippen molar-refractivity contribution in [1.82, 2.24) is 10.2 Å². The van der Waals surface area contributed by atoms with Crippen LogP contribution in [-0.2, 0) is 32.0 Å². The summed E-state index contributed by atoms with van der Waals surface area (Å²) in [5.74, 6) is -3.77. The second-order valence-corrected chi connectivity index (χ2v) is 15.4. The Kier molecular flexibility index (Phi) is 14.6. The van der Waals surface area contributed by atoms with E-state index in [0.29, 0.717) is 42.5 Å². The van der Waals surface area contributed by atoms with Gasteiger partial charge in [-0.1, -0.05) is 87.4 Å². The molecule has 4 atom stereocenters. The molecule has 0 fully saturated rings. The van der Waals surface area contributed by atoms with Crippen molar-refractivity contribution in [3.05, 3.63) is 107 Å². The molecule has 4 aromatic carbocycles. The van der Waals surface area contributed by atoms with Crippen LogP contribution in [0.5, 0.6) is 11.5 Å². The van der Waals surface area contributed by atoms with E-state index >= 15 is 0 Å². The number of phenolic OH excluding ortho intramolecular Hbond substituents is 2. The number of nitrogens with one attached hydrogen (secondary N) is 1. The van der Waals surface area contributed by atoms with Gasteiger partial charge in [-0.3, -0.25) is 24.0 Å². The van der Waals surface area contributed by atoms with Crippen LogP contribution in [0.2, 0.25) is 0 Å². The third-order valence-corrected chi connectivity index (χ3v) is 11.0. The molecule has 4 aromatic rings. The molecule has 10 nitrogen and oxygen atoms in total. The summed E-state index contributed by atoms with van der Waals surface area (Å²) >= 11 is 0.